The highest BCUT2D eigenvalue weighted by Gasteiger charge is 2.32. The molecule has 0 saturated carbocycles. The van der Waals surface area contributed by atoms with E-state index in [2.05, 4.69) is 10.1 Å². The second-order valence-corrected chi connectivity index (χ2v) is 7.92. The first kappa shape index (κ1) is 24.1. The molecule has 0 spiro atoms. The van der Waals surface area contributed by atoms with E-state index in [9.17, 15) is 33.4 Å². The fraction of sp³-hybridized carbons (Fsp3) is 0.333. The lowest BCUT2D eigenvalue weighted by molar-refractivity contribution is -0.393. The number of nitro groups is 2. The van der Waals surface area contributed by atoms with Crippen LogP contribution in [0.2, 0.25) is 0 Å². The number of alkyl halides is 3. The Morgan fingerprint density at radius 1 is 1.03 bits per heavy atom. The maximum Gasteiger partial charge on any atom is 0.416 e. The number of hydrogen-bond acceptors (Lipinski definition) is 9. The average Bonchev–Trinajstić information content (AvgIpc) is 3.33. The van der Waals surface area contributed by atoms with Gasteiger partial charge in [0.1, 0.15) is 5.69 Å². The van der Waals surface area contributed by atoms with Gasteiger partial charge in [0.25, 0.3) is 11.4 Å². The van der Waals surface area contributed by atoms with Crippen LogP contribution < -0.4 is 4.90 Å². The summed E-state index contributed by atoms with van der Waals surface area (Å²) in [5.41, 5.74) is -1.05. The normalized spacial score (nSPS) is 15.7. The van der Waals surface area contributed by atoms with Crippen molar-refractivity contribution in [1.82, 2.24) is 15.0 Å². The van der Waals surface area contributed by atoms with E-state index in [0.717, 1.165) is 18.2 Å². The number of non-ortho nitro benzene ring substituents is 1. The van der Waals surface area contributed by atoms with Crippen molar-refractivity contribution in [2.75, 3.05) is 31.1 Å². The van der Waals surface area contributed by atoms with Crippen LogP contribution in [0.4, 0.5) is 30.2 Å². The molecule has 2 aromatic carbocycles. The highest BCUT2D eigenvalue weighted by molar-refractivity contribution is 5.67. The highest BCUT2D eigenvalue weighted by atomic mass is 19.4. The molecule has 1 fully saturated rings. The fourth-order valence-corrected chi connectivity index (χ4v) is 3.90. The largest absolute Gasteiger partial charge is 0.416 e. The van der Waals surface area contributed by atoms with Crippen LogP contribution in [0.3, 0.4) is 0 Å². The molecule has 1 aliphatic heterocycles. The molecule has 1 saturated heterocycles. The van der Waals surface area contributed by atoms with Crippen LogP contribution in [0.5, 0.6) is 0 Å². The van der Waals surface area contributed by atoms with Crippen molar-refractivity contribution in [2.45, 2.75) is 19.1 Å². The molecule has 1 atom stereocenters. The summed E-state index contributed by atoms with van der Waals surface area (Å²) in [6.45, 7) is 3.55. The third kappa shape index (κ3) is 5.06. The standard InChI is InChI=1S/C21H19F3N6O5/c1-13(20-25-19(26-35-20)14-3-2-4-15(11-14)21(22,23)24)27-7-9-28(10-8-27)17-6-5-16(29(31)32)12-18(17)30(33)34/h2-6,11-13H,7-10H2,1H3. The van der Waals surface area contributed by atoms with Crippen molar-refractivity contribution in [3.8, 4) is 11.4 Å². The van der Waals surface area contributed by atoms with Crippen molar-refractivity contribution >= 4 is 17.1 Å². The van der Waals surface area contributed by atoms with E-state index in [4.69, 9.17) is 4.52 Å². The summed E-state index contributed by atoms with van der Waals surface area (Å²) >= 11 is 0. The van der Waals surface area contributed by atoms with E-state index in [1.807, 2.05) is 11.8 Å². The summed E-state index contributed by atoms with van der Waals surface area (Å²) < 4.78 is 44.3. The molecule has 35 heavy (non-hydrogen) atoms. The van der Waals surface area contributed by atoms with Gasteiger partial charge in [0.2, 0.25) is 11.7 Å². The third-order valence-electron chi connectivity index (χ3n) is 5.82. The Labute approximate surface area is 196 Å². The van der Waals surface area contributed by atoms with Gasteiger partial charge in [-0.15, -0.1) is 0 Å². The Morgan fingerprint density at radius 3 is 2.37 bits per heavy atom. The first-order chi connectivity index (χ1) is 16.5. The number of halogens is 3. The summed E-state index contributed by atoms with van der Waals surface area (Å²) in [4.78, 5) is 29.1. The van der Waals surface area contributed by atoms with Crippen molar-refractivity contribution in [3.63, 3.8) is 0 Å². The molecule has 1 aromatic heterocycles. The second-order valence-electron chi connectivity index (χ2n) is 7.92. The van der Waals surface area contributed by atoms with Gasteiger partial charge in [-0.1, -0.05) is 17.3 Å². The summed E-state index contributed by atoms with van der Waals surface area (Å²) in [5, 5.41) is 26.2. The number of benzene rings is 2. The molecule has 11 nitrogen and oxygen atoms in total. The van der Waals surface area contributed by atoms with Gasteiger partial charge in [-0.2, -0.15) is 18.2 Å². The van der Waals surface area contributed by atoms with Crippen LogP contribution >= 0.6 is 0 Å². The average molecular weight is 492 g/mol. The van der Waals surface area contributed by atoms with E-state index in [0.29, 0.717) is 26.2 Å². The first-order valence-electron chi connectivity index (χ1n) is 10.5. The summed E-state index contributed by atoms with van der Waals surface area (Å²) in [7, 11) is 0. The monoisotopic (exact) mass is 492 g/mol. The zero-order valence-corrected chi connectivity index (χ0v) is 18.3. The van der Waals surface area contributed by atoms with E-state index in [1.165, 1.54) is 24.3 Å². The predicted molar refractivity (Wildman–Crippen MR) is 117 cm³/mol. The molecular weight excluding hydrogens is 473 g/mol. The molecule has 0 radical (unpaired) electrons. The van der Waals surface area contributed by atoms with Gasteiger partial charge in [0, 0.05) is 37.8 Å². The zero-order valence-electron chi connectivity index (χ0n) is 18.3. The summed E-state index contributed by atoms with van der Waals surface area (Å²) in [6, 6.07) is 7.84. The fourth-order valence-electron chi connectivity index (χ4n) is 3.90. The van der Waals surface area contributed by atoms with Crippen molar-refractivity contribution < 1.29 is 27.5 Å². The molecule has 0 amide bonds. The molecule has 0 bridgehead atoms. The lowest BCUT2D eigenvalue weighted by Gasteiger charge is -2.37. The highest BCUT2D eigenvalue weighted by Crippen LogP contribution is 2.34. The number of hydrogen-bond donors (Lipinski definition) is 0. The smallest absolute Gasteiger partial charge is 0.363 e. The van der Waals surface area contributed by atoms with Crippen LogP contribution in [0.1, 0.15) is 24.4 Å². The van der Waals surface area contributed by atoms with Crippen LogP contribution in [0.15, 0.2) is 47.0 Å². The van der Waals surface area contributed by atoms with Gasteiger partial charge >= 0.3 is 6.18 Å². The first-order valence-corrected chi connectivity index (χ1v) is 10.5. The third-order valence-corrected chi connectivity index (χ3v) is 5.82. The molecule has 14 heteroatoms. The number of nitro benzene ring substituents is 2. The second kappa shape index (κ2) is 9.29. The van der Waals surface area contributed by atoms with E-state index in [-0.39, 0.29) is 40.4 Å². The Bertz CT molecular complexity index is 1260. The van der Waals surface area contributed by atoms with Gasteiger partial charge in [-0.05, 0) is 25.1 Å². The van der Waals surface area contributed by atoms with E-state index >= 15 is 0 Å². The van der Waals surface area contributed by atoms with Gasteiger partial charge in [0.15, 0.2) is 0 Å². The maximum absolute atomic E-state index is 13.0. The molecule has 4 rings (SSSR count). The van der Waals surface area contributed by atoms with Gasteiger partial charge in [-0.25, -0.2) is 0 Å². The molecule has 3 aromatic rings. The number of anilines is 1. The Balaban J connectivity index is 1.45. The number of piperazine rings is 1. The van der Waals surface area contributed by atoms with Crippen LogP contribution in [0, 0.1) is 20.2 Å². The minimum atomic E-state index is -4.49. The summed E-state index contributed by atoms with van der Waals surface area (Å²) in [6.07, 6.45) is -4.49. The molecule has 1 aliphatic rings. The summed E-state index contributed by atoms with van der Waals surface area (Å²) in [5.74, 6) is 0.269. The molecule has 2 heterocycles. The Morgan fingerprint density at radius 2 is 1.74 bits per heavy atom. The SMILES string of the molecule is CC(c1nc(-c2cccc(C(F)(F)F)c2)no1)N1CCN(c2ccc([N+](=O)[O-])cc2[N+](=O)[O-])CC1. The maximum atomic E-state index is 13.0. The van der Waals surface area contributed by atoms with Gasteiger partial charge in [-0.3, -0.25) is 25.1 Å². The van der Waals surface area contributed by atoms with Gasteiger partial charge < -0.3 is 9.42 Å². The van der Waals surface area contributed by atoms with E-state index < -0.39 is 21.6 Å². The van der Waals surface area contributed by atoms with Crippen LogP contribution in [-0.4, -0.2) is 51.1 Å². The predicted octanol–water partition coefficient (Wildman–Crippen LogP) is 4.46. The van der Waals surface area contributed by atoms with Crippen molar-refractivity contribution in [3.05, 3.63) is 74.1 Å². The molecule has 0 aliphatic carbocycles. The topological polar surface area (TPSA) is 132 Å². The molecular formula is C21H19F3N6O5. The molecule has 1 unspecified atom stereocenters. The number of nitrogens with zero attached hydrogens (tertiary/aromatic N) is 6. The quantitative estimate of drug-likeness (QED) is 0.361. The number of aromatic nitrogens is 2. The zero-order chi connectivity index (χ0) is 25.3. The number of rotatable bonds is 6. The van der Waals surface area contributed by atoms with Crippen LogP contribution in [-0.2, 0) is 6.18 Å². The van der Waals surface area contributed by atoms with Gasteiger partial charge in [0.05, 0.1) is 27.5 Å². The lowest BCUT2D eigenvalue weighted by atomic mass is 10.1. The minimum Gasteiger partial charge on any atom is -0.363 e. The van der Waals surface area contributed by atoms with Crippen molar-refractivity contribution in [2.24, 2.45) is 0 Å². The Hall–Kier alpha value is -4.07. The lowest BCUT2D eigenvalue weighted by Crippen LogP contribution is -2.47. The van der Waals surface area contributed by atoms with E-state index in [1.54, 1.807) is 4.90 Å². The molecule has 0 N–H and O–H groups in total. The van der Waals surface area contributed by atoms with Crippen LogP contribution in [0.25, 0.3) is 11.4 Å². The Kier molecular flexibility index (Phi) is 6.39. The minimum absolute atomic E-state index is 0.0399. The van der Waals surface area contributed by atoms with Crippen molar-refractivity contribution in [1.29, 1.82) is 0 Å². The molecule has 184 valence electrons.